The molecule has 2 heterocycles. The largest absolute Gasteiger partial charge is 0.343 e. The first kappa shape index (κ1) is 19.8. The molecular formula is C16H21N3O6S2. The Morgan fingerprint density at radius 2 is 1.59 bits per heavy atom. The molecule has 2 amide bonds. The van der Waals surface area contributed by atoms with E-state index in [1.165, 1.54) is 33.5 Å². The van der Waals surface area contributed by atoms with E-state index in [9.17, 15) is 26.4 Å². The fourth-order valence-electron chi connectivity index (χ4n) is 3.21. The lowest BCUT2D eigenvalue weighted by molar-refractivity contribution is -0.123. The summed E-state index contributed by atoms with van der Waals surface area (Å²) in [5.74, 6) is -0.831. The van der Waals surface area contributed by atoms with Crippen molar-refractivity contribution in [1.82, 2.24) is 9.21 Å². The number of hydrogen-bond acceptors (Lipinski definition) is 6. The Balaban J connectivity index is 1.86. The van der Waals surface area contributed by atoms with Gasteiger partial charge in [-0.25, -0.2) is 21.1 Å². The van der Waals surface area contributed by atoms with Crippen molar-refractivity contribution in [3.8, 4) is 0 Å². The molecule has 1 aromatic rings. The van der Waals surface area contributed by atoms with E-state index in [-0.39, 0.29) is 29.4 Å². The second-order valence-corrected chi connectivity index (χ2v) is 11.0. The predicted molar refractivity (Wildman–Crippen MR) is 97.9 cm³/mol. The summed E-state index contributed by atoms with van der Waals surface area (Å²) in [5, 5.41) is 0. The van der Waals surface area contributed by atoms with Gasteiger partial charge in [0, 0.05) is 26.2 Å². The van der Waals surface area contributed by atoms with Crippen LogP contribution in [0, 0.1) is 5.41 Å². The van der Waals surface area contributed by atoms with Crippen molar-refractivity contribution in [1.29, 1.82) is 0 Å². The van der Waals surface area contributed by atoms with E-state index in [2.05, 4.69) is 0 Å². The molecule has 0 N–H and O–H groups in total. The Labute approximate surface area is 158 Å². The van der Waals surface area contributed by atoms with E-state index in [0.29, 0.717) is 19.5 Å². The number of nitrogens with zero attached hydrogens (tertiary/aromatic N) is 3. The molecule has 0 radical (unpaired) electrons. The van der Waals surface area contributed by atoms with Crippen molar-refractivity contribution in [2.45, 2.75) is 18.7 Å². The molecule has 2 saturated heterocycles. The molecule has 9 nitrogen and oxygen atoms in total. The van der Waals surface area contributed by atoms with Gasteiger partial charge in [0.25, 0.3) is 0 Å². The van der Waals surface area contributed by atoms with Gasteiger partial charge in [-0.05, 0) is 38.1 Å². The number of rotatable bonds is 4. The lowest BCUT2D eigenvalue weighted by Crippen LogP contribution is -2.47. The number of sulfonamides is 2. The van der Waals surface area contributed by atoms with Crippen molar-refractivity contribution in [2.24, 2.45) is 5.41 Å². The predicted octanol–water partition coefficient (Wildman–Crippen LogP) is -0.148. The highest BCUT2D eigenvalue weighted by Crippen LogP contribution is 2.36. The third-order valence-corrected chi connectivity index (χ3v) is 8.65. The third kappa shape index (κ3) is 3.46. The summed E-state index contributed by atoms with van der Waals surface area (Å²) in [6, 6.07) is 5.24. The van der Waals surface area contributed by atoms with Crippen LogP contribution < -0.4 is 4.31 Å². The monoisotopic (exact) mass is 415 g/mol. The van der Waals surface area contributed by atoms with E-state index < -0.39 is 31.4 Å². The number of benzene rings is 1. The van der Waals surface area contributed by atoms with E-state index in [1.54, 1.807) is 13.8 Å². The zero-order valence-electron chi connectivity index (χ0n) is 15.0. The van der Waals surface area contributed by atoms with Crippen LogP contribution in [0.4, 0.5) is 5.69 Å². The number of amides is 2. The van der Waals surface area contributed by atoms with Gasteiger partial charge in [-0.3, -0.25) is 9.59 Å². The van der Waals surface area contributed by atoms with Gasteiger partial charge in [0.1, 0.15) is 0 Å². The Hall–Kier alpha value is -1.98. The van der Waals surface area contributed by atoms with Gasteiger partial charge in [-0.2, -0.15) is 4.31 Å². The van der Waals surface area contributed by atoms with Crippen LogP contribution in [-0.4, -0.2) is 70.3 Å². The summed E-state index contributed by atoms with van der Waals surface area (Å²) in [6.07, 6.45) is 0.688. The molecule has 148 valence electrons. The SMILES string of the molecule is CC1(C)CS(=O)(=O)N(c2ccc(S(=O)(=O)N3CCN(C=O)CC3)cc2)C1=O. The number of piperazine rings is 1. The van der Waals surface area contributed by atoms with E-state index in [1.807, 2.05) is 0 Å². The molecule has 0 atom stereocenters. The molecule has 2 fully saturated rings. The first-order valence-electron chi connectivity index (χ1n) is 8.36. The van der Waals surface area contributed by atoms with Crippen LogP contribution in [0.25, 0.3) is 0 Å². The first-order chi connectivity index (χ1) is 12.5. The highest BCUT2D eigenvalue weighted by molar-refractivity contribution is 7.94. The first-order valence-corrected chi connectivity index (χ1v) is 11.4. The molecule has 0 saturated carbocycles. The van der Waals surface area contributed by atoms with Crippen molar-refractivity contribution in [3.05, 3.63) is 24.3 Å². The van der Waals surface area contributed by atoms with Gasteiger partial charge in [0.15, 0.2) is 0 Å². The molecular weight excluding hydrogens is 394 g/mol. The van der Waals surface area contributed by atoms with Gasteiger partial charge in [0.05, 0.1) is 21.8 Å². The van der Waals surface area contributed by atoms with Crippen LogP contribution in [0.3, 0.4) is 0 Å². The number of carbonyl (C=O) groups excluding carboxylic acids is 2. The maximum Gasteiger partial charge on any atom is 0.247 e. The smallest absolute Gasteiger partial charge is 0.247 e. The van der Waals surface area contributed by atoms with Crippen LogP contribution >= 0.6 is 0 Å². The van der Waals surface area contributed by atoms with Crippen molar-refractivity contribution < 1.29 is 26.4 Å². The average molecular weight is 415 g/mol. The van der Waals surface area contributed by atoms with Crippen LogP contribution in [-0.2, 0) is 29.6 Å². The Bertz CT molecular complexity index is 962. The molecule has 0 bridgehead atoms. The van der Waals surface area contributed by atoms with Gasteiger partial charge in [-0.15, -0.1) is 0 Å². The van der Waals surface area contributed by atoms with Gasteiger partial charge in [-0.1, -0.05) is 0 Å². The Morgan fingerprint density at radius 1 is 1.04 bits per heavy atom. The van der Waals surface area contributed by atoms with Gasteiger partial charge >= 0.3 is 0 Å². The fourth-order valence-corrected chi connectivity index (χ4v) is 6.74. The topological polar surface area (TPSA) is 112 Å². The highest BCUT2D eigenvalue weighted by Gasteiger charge is 2.49. The fraction of sp³-hybridized carbons (Fsp3) is 0.500. The van der Waals surface area contributed by atoms with Gasteiger partial charge < -0.3 is 4.90 Å². The molecule has 11 heteroatoms. The maximum atomic E-state index is 12.7. The normalized spacial score (nSPS) is 22.8. The number of anilines is 1. The molecule has 27 heavy (non-hydrogen) atoms. The molecule has 0 aliphatic carbocycles. The Morgan fingerprint density at radius 3 is 2.04 bits per heavy atom. The van der Waals surface area contributed by atoms with E-state index in [0.717, 1.165) is 4.31 Å². The lowest BCUT2D eigenvalue weighted by atomic mass is 9.95. The molecule has 1 aromatic carbocycles. The minimum atomic E-state index is -3.79. The minimum Gasteiger partial charge on any atom is -0.343 e. The second-order valence-electron chi connectivity index (χ2n) is 7.25. The van der Waals surface area contributed by atoms with E-state index >= 15 is 0 Å². The molecule has 0 spiro atoms. The van der Waals surface area contributed by atoms with Crippen LogP contribution in [0.2, 0.25) is 0 Å². The molecule has 2 aliphatic heterocycles. The molecule has 2 aliphatic rings. The summed E-state index contributed by atoms with van der Waals surface area (Å²) in [7, 11) is -7.55. The lowest BCUT2D eigenvalue weighted by Gasteiger charge is -2.31. The number of carbonyl (C=O) groups is 2. The molecule has 0 aromatic heterocycles. The summed E-state index contributed by atoms with van der Waals surface area (Å²) in [6.45, 7) is 4.13. The van der Waals surface area contributed by atoms with E-state index in [4.69, 9.17) is 0 Å². The van der Waals surface area contributed by atoms with Crippen LogP contribution in [0.1, 0.15) is 13.8 Å². The quantitative estimate of drug-likeness (QED) is 0.632. The summed E-state index contributed by atoms with van der Waals surface area (Å²) >= 11 is 0. The maximum absolute atomic E-state index is 12.7. The Kier molecular flexibility index (Phi) is 4.81. The zero-order valence-corrected chi connectivity index (χ0v) is 16.7. The van der Waals surface area contributed by atoms with Crippen molar-refractivity contribution in [2.75, 3.05) is 36.2 Å². The van der Waals surface area contributed by atoms with Gasteiger partial charge in [0.2, 0.25) is 32.4 Å². The minimum absolute atomic E-state index is 0.00843. The summed E-state index contributed by atoms with van der Waals surface area (Å²) in [4.78, 5) is 24.7. The molecule has 0 unspecified atom stereocenters. The second kappa shape index (κ2) is 6.57. The summed E-state index contributed by atoms with van der Waals surface area (Å²) in [5.41, 5.74) is -0.905. The molecule has 3 rings (SSSR count). The average Bonchev–Trinajstić information content (AvgIpc) is 2.78. The van der Waals surface area contributed by atoms with Crippen LogP contribution in [0.15, 0.2) is 29.2 Å². The van der Waals surface area contributed by atoms with Crippen LogP contribution in [0.5, 0.6) is 0 Å². The van der Waals surface area contributed by atoms with Crippen molar-refractivity contribution >= 4 is 38.1 Å². The summed E-state index contributed by atoms with van der Waals surface area (Å²) < 4.78 is 52.1. The highest BCUT2D eigenvalue weighted by atomic mass is 32.2. The zero-order chi connectivity index (χ0) is 20.0. The standard InChI is InChI=1S/C16H21N3O6S2/c1-16(2)11-26(22,23)19(15(16)21)13-3-5-14(6-4-13)27(24,25)18-9-7-17(12-20)8-10-18/h3-6,12H,7-11H2,1-2H3. The van der Waals surface area contributed by atoms with Crippen molar-refractivity contribution in [3.63, 3.8) is 0 Å². The number of hydrogen-bond donors (Lipinski definition) is 0. The third-order valence-electron chi connectivity index (χ3n) is 4.72.